The number of nitrogens with zero attached hydrogens (tertiary/aromatic N) is 4. The first-order valence-corrected chi connectivity index (χ1v) is 10.5. The molecule has 174 valence electrons. The van der Waals surface area contributed by atoms with E-state index in [2.05, 4.69) is 37.9 Å². The molecule has 1 amide bonds. The molecule has 10 heteroatoms. The number of carbonyl (C=O) groups excluding carboxylic acids is 1. The Morgan fingerprint density at radius 3 is 2.62 bits per heavy atom. The van der Waals surface area contributed by atoms with Gasteiger partial charge in [-0.05, 0) is 48.7 Å². The Hall–Kier alpha value is -4.13. The molecule has 0 radical (unpaired) electrons. The zero-order chi connectivity index (χ0) is 24.3. The molecule has 1 aliphatic rings. The van der Waals surface area contributed by atoms with E-state index in [0.717, 1.165) is 31.6 Å². The number of ether oxygens (including phenoxy) is 1. The Labute approximate surface area is 193 Å². The van der Waals surface area contributed by atoms with Crippen molar-refractivity contribution in [3.8, 4) is 22.9 Å². The molecule has 1 aromatic carbocycles. The second-order valence-corrected chi connectivity index (χ2v) is 7.99. The first-order chi connectivity index (χ1) is 16.2. The lowest BCUT2D eigenvalue weighted by molar-refractivity contribution is -0.274. The average molecular weight is 467 g/mol. The van der Waals surface area contributed by atoms with Crippen LogP contribution in [0.15, 0.2) is 55.0 Å². The quantitative estimate of drug-likeness (QED) is 0.567. The van der Waals surface area contributed by atoms with Crippen LogP contribution in [0.1, 0.15) is 29.3 Å². The van der Waals surface area contributed by atoms with E-state index in [-0.39, 0.29) is 17.0 Å². The van der Waals surface area contributed by atoms with E-state index in [1.54, 1.807) is 18.3 Å². The minimum absolute atomic E-state index is 0.231. The zero-order valence-electron chi connectivity index (χ0n) is 18.1. The van der Waals surface area contributed by atoms with Gasteiger partial charge in [0.25, 0.3) is 5.91 Å². The smallest absolute Gasteiger partial charge is 0.406 e. The molecule has 0 bridgehead atoms. The lowest BCUT2D eigenvalue weighted by Crippen LogP contribution is -2.22. The SMILES string of the molecule is C[C@@H]1CCN(c2ncc(C(=O)Nc3ccc(OC(F)(F)F)cc3)cc2-c2cnccc2C#N)C1. The number of benzene rings is 1. The fourth-order valence-electron chi connectivity index (χ4n) is 3.81. The minimum atomic E-state index is -4.80. The number of hydrogen-bond acceptors (Lipinski definition) is 6. The molecule has 1 aliphatic heterocycles. The first kappa shape index (κ1) is 23.0. The maximum atomic E-state index is 12.9. The molecular weight excluding hydrogens is 447 g/mol. The fourth-order valence-corrected chi connectivity index (χ4v) is 3.81. The number of pyridine rings is 2. The second-order valence-electron chi connectivity index (χ2n) is 7.99. The predicted octanol–water partition coefficient (Wildman–Crippen LogP) is 5.01. The maximum absolute atomic E-state index is 12.9. The van der Waals surface area contributed by atoms with Gasteiger partial charge in [-0.25, -0.2) is 4.98 Å². The van der Waals surface area contributed by atoms with Gasteiger partial charge in [-0.3, -0.25) is 9.78 Å². The number of carbonyl (C=O) groups is 1. The number of hydrogen-bond donors (Lipinski definition) is 1. The summed E-state index contributed by atoms with van der Waals surface area (Å²) in [5.41, 5.74) is 2.10. The van der Waals surface area contributed by atoms with E-state index in [1.165, 1.54) is 24.5 Å². The summed E-state index contributed by atoms with van der Waals surface area (Å²) in [6.45, 7) is 3.76. The highest BCUT2D eigenvalue weighted by Crippen LogP contribution is 2.34. The van der Waals surface area contributed by atoms with Crippen molar-refractivity contribution in [2.45, 2.75) is 19.7 Å². The Bertz CT molecular complexity index is 1240. The highest BCUT2D eigenvalue weighted by molar-refractivity contribution is 6.05. The van der Waals surface area contributed by atoms with E-state index >= 15 is 0 Å². The molecular formula is C24H20F3N5O2. The number of nitriles is 1. The number of amides is 1. The van der Waals surface area contributed by atoms with Gasteiger partial charge in [0.1, 0.15) is 11.6 Å². The summed E-state index contributed by atoms with van der Waals surface area (Å²) in [6, 6.07) is 10.2. The van der Waals surface area contributed by atoms with Crippen molar-refractivity contribution in [2.75, 3.05) is 23.3 Å². The van der Waals surface area contributed by atoms with Crippen molar-refractivity contribution >= 4 is 17.4 Å². The minimum Gasteiger partial charge on any atom is -0.406 e. The van der Waals surface area contributed by atoms with Crippen LogP contribution in [0.4, 0.5) is 24.7 Å². The van der Waals surface area contributed by atoms with Crippen molar-refractivity contribution < 1.29 is 22.7 Å². The second kappa shape index (κ2) is 9.39. The molecule has 4 rings (SSSR count). The van der Waals surface area contributed by atoms with Gasteiger partial charge in [-0.15, -0.1) is 13.2 Å². The van der Waals surface area contributed by atoms with Gasteiger partial charge in [0, 0.05) is 48.5 Å². The molecule has 0 spiro atoms. The molecule has 1 atom stereocenters. The normalized spacial score (nSPS) is 15.6. The van der Waals surface area contributed by atoms with Gasteiger partial charge in [0.15, 0.2) is 0 Å². The van der Waals surface area contributed by atoms with E-state index in [1.807, 2.05) is 0 Å². The standard InChI is InChI=1S/C24H20F3N5O2/c1-15-7-9-32(14-15)22-20(21-13-29-8-6-16(21)11-28)10-17(12-30-22)23(33)31-18-2-4-19(5-3-18)34-24(25,26)27/h2-6,8,10,12-13,15H,7,9,14H2,1H3,(H,31,33)/t15-/m1/s1. The third-order valence-electron chi connectivity index (χ3n) is 5.43. The van der Waals surface area contributed by atoms with Crippen LogP contribution in [-0.4, -0.2) is 35.3 Å². The third kappa shape index (κ3) is 5.26. The molecule has 1 saturated heterocycles. The molecule has 0 unspecified atom stereocenters. The third-order valence-corrected chi connectivity index (χ3v) is 5.43. The van der Waals surface area contributed by atoms with E-state index in [4.69, 9.17) is 0 Å². The number of anilines is 2. The van der Waals surface area contributed by atoms with Crippen LogP contribution in [-0.2, 0) is 0 Å². The van der Waals surface area contributed by atoms with Gasteiger partial charge < -0.3 is 15.0 Å². The van der Waals surface area contributed by atoms with Crippen LogP contribution >= 0.6 is 0 Å². The van der Waals surface area contributed by atoms with Crippen molar-refractivity contribution in [2.24, 2.45) is 5.92 Å². The maximum Gasteiger partial charge on any atom is 0.573 e. The monoisotopic (exact) mass is 467 g/mol. The van der Waals surface area contributed by atoms with Crippen LogP contribution in [0.3, 0.4) is 0 Å². The van der Waals surface area contributed by atoms with E-state index in [0.29, 0.717) is 28.4 Å². The van der Waals surface area contributed by atoms with E-state index in [9.17, 15) is 23.2 Å². The molecule has 0 saturated carbocycles. The number of alkyl halides is 3. The molecule has 7 nitrogen and oxygen atoms in total. The number of aromatic nitrogens is 2. The number of nitrogens with one attached hydrogen (secondary N) is 1. The lowest BCUT2D eigenvalue weighted by Gasteiger charge is -2.21. The van der Waals surface area contributed by atoms with Crippen LogP contribution in [0.25, 0.3) is 11.1 Å². The molecule has 34 heavy (non-hydrogen) atoms. The highest BCUT2D eigenvalue weighted by Gasteiger charge is 2.31. The Kier molecular flexibility index (Phi) is 6.36. The Balaban J connectivity index is 1.64. The van der Waals surface area contributed by atoms with Gasteiger partial charge >= 0.3 is 6.36 Å². The summed E-state index contributed by atoms with van der Waals surface area (Å²) in [6.07, 6.45) is 0.752. The zero-order valence-corrected chi connectivity index (χ0v) is 18.1. The van der Waals surface area contributed by atoms with Crippen molar-refractivity contribution in [1.82, 2.24) is 9.97 Å². The van der Waals surface area contributed by atoms with E-state index < -0.39 is 12.3 Å². The lowest BCUT2D eigenvalue weighted by atomic mass is 10.0. The average Bonchev–Trinajstić information content (AvgIpc) is 3.25. The van der Waals surface area contributed by atoms with Gasteiger partial charge in [0.2, 0.25) is 0 Å². The largest absolute Gasteiger partial charge is 0.573 e. The van der Waals surface area contributed by atoms with Gasteiger partial charge in [-0.2, -0.15) is 5.26 Å². The summed E-state index contributed by atoms with van der Waals surface area (Å²) in [4.78, 5) is 23.7. The van der Waals surface area contributed by atoms with Crippen molar-refractivity contribution in [3.63, 3.8) is 0 Å². The van der Waals surface area contributed by atoms with Crippen molar-refractivity contribution in [3.05, 3.63) is 66.1 Å². The highest BCUT2D eigenvalue weighted by atomic mass is 19.4. The van der Waals surface area contributed by atoms with Crippen LogP contribution in [0.2, 0.25) is 0 Å². The summed E-state index contributed by atoms with van der Waals surface area (Å²) in [7, 11) is 0. The Morgan fingerprint density at radius 2 is 1.97 bits per heavy atom. The molecule has 1 N–H and O–H groups in total. The summed E-state index contributed by atoms with van der Waals surface area (Å²) < 4.78 is 40.9. The molecule has 3 aromatic rings. The van der Waals surface area contributed by atoms with Crippen LogP contribution in [0, 0.1) is 17.2 Å². The summed E-state index contributed by atoms with van der Waals surface area (Å²) in [5, 5.41) is 12.2. The molecule has 0 aliphatic carbocycles. The molecule has 3 heterocycles. The molecule has 2 aromatic heterocycles. The number of halogens is 3. The summed E-state index contributed by atoms with van der Waals surface area (Å²) in [5.74, 6) is 0.270. The molecule has 1 fully saturated rings. The van der Waals surface area contributed by atoms with Crippen LogP contribution in [0.5, 0.6) is 5.75 Å². The van der Waals surface area contributed by atoms with Gasteiger partial charge in [0.05, 0.1) is 17.2 Å². The predicted molar refractivity (Wildman–Crippen MR) is 119 cm³/mol. The Morgan fingerprint density at radius 1 is 1.21 bits per heavy atom. The summed E-state index contributed by atoms with van der Waals surface area (Å²) >= 11 is 0. The fraction of sp³-hybridized carbons (Fsp3) is 0.250. The topological polar surface area (TPSA) is 91.1 Å². The van der Waals surface area contributed by atoms with Gasteiger partial charge in [-0.1, -0.05) is 6.92 Å². The van der Waals surface area contributed by atoms with Crippen LogP contribution < -0.4 is 15.0 Å². The van der Waals surface area contributed by atoms with Crippen molar-refractivity contribution in [1.29, 1.82) is 5.26 Å². The first-order valence-electron chi connectivity index (χ1n) is 10.5. The number of rotatable bonds is 5.